The maximum absolute atomic E-state index is 13.0. The van der Waals surface area contributed by atoms with Crippen LogP contribution in [0, 0.1) is 20.8 Å². The van der Waals surface area contributed by atoms with Crippen LogP contribution in [0.4, 0.5) is 0 Å². The molecule has 30 heavy (non-hydrogen) atoms. The third-order valence-electron chi connectivity index (χ3n) is 5.33. The number of benzene rings is 3. The molecule has 3 aromatic carbocycles. The number of hydrogen-bond donors (Lipinski definition) is 0. The fourth-order valence-corrected chi connectivity index (χ4v) is 4.64. The van der Waals surface area contributed by atoms with Gasteiger partial charge in [-0.15, -0.1) is 0 Å². The molecule has 0 radical (unpaired) electrons. The van der Waals surface area contributed by atoms with E-state index in [-0.39, 0.29) is 5.78 Å². The average molecular weight is 435 g/mol. The smallest absolute Gasteiger partial charge is 0.173 e. The van der Waals surface area contributed by atoms with Crippen LogP contribution in [0.3, 0.4) is 0 Å². The van der Waals surface area contributed by atoms with Gasteiger partial charge in [0.1, 0.15) is 0 Å². The molecule has 0 aliphatic rings. The summed E-state index contributed by atoms with van der Waals surface area (Å²) in [5.41, 5.74) is 7.20. The Morgan fingerprint density at radius 3 is 2.47 bits per heavy atom. The zero-order chi connectivity index (χ0) is 21.3. The van der Waals surface area contributed by atoms with Crippen LogP contribution in [0.5, 0.6) is 0 Å². The van der Waals surface area contributed by atoms with Crippen molar-refractivity contribution in [1.82, 2.24) is 9.55 Å². The second-order valence-corrected chi connectivity index (χ2v) is 8.94. The van der Waals surface area contributed by atoms with Gasteiger partial charge >= 0.3 is 0 Å². The van der Waals surface area contributed by atoms with Gasteiger partial charge in [0.15, 0.2) is 10.9 Å². The summed E-state index contributed by atoms with van der Waals surface area (Å²) < 4.78 is 2.16. The van der Waals surface area contributed by atoms with Crippen LogP contribution in [0.1, 0.15) is 32.6 Å². The predicted molar refractivity (Wildman–Crippen MR) is 126 cm³/mol. The zero-order valence-corrected chi connectivity index (χ0v) is 18.8. The van der Waals surface area contributed by atoms with E-state index in [1.807, 2.05) is 56.3 Å². The van der Waals surface area contributed by atoms with Crippen LogP contribution in [-0.2, 0) is 6.54 Å². The lowest BCUT2D eigenvalue weighted by molar-refractivity contribution is 0.102. The molecule has 4 rings (SSSR count). The molecule has 0 aliphatic heterocycles. The van der Waals surface area contributed by atoms with Gasteiger partial charge in [-0.3, -0.25) is 4.79 Å². The number of halogens is 1. The van der Waals surface area contributed by atoms with E-state index >= 15 is 0 Å². The number of thioether (sulfide) groups is 1. The van der Waals surface area contributed by atoms with Crippen molar-refractivity contribution < 1.29 is 4.79 Å². The van der Waals surface area contributed by atoms with Crippen molar-refractivity contribution in [3.63, 3.8) is 0 Å². The molecule has 5 heteroatoms. The monoisotopic (exact) mass is 434 g/mol. The van der Waals surface area contributed by atoms with E-state index in [1.165, 1.54) is 22.9 Å². The van der Waals surface area contributed by atoms with E-state index < -0.39 is 0 Å². The Morgan fingerprint density at radius 2 is 1.70 bits per heavy atom. The fraction of sp³-hybridized carbons (Fsp3) is 0.200. The lowest BCUT2D eigenvalue weighted by Crippen LogP contribution is -2.08. The summed E-state index contributed by atoms with van der Waals surface area (Å²) in [5.74, 6) is 0.465. The molecule has 0 atom stereocenters. The van der Waals surface area contributed by atoms with E-state index in [1.54, 1.807) is 0 Å². The second-order valence-electron chi connectivity index (χ2n) is 7.56. The summed E-state index contributed by atoms with van der Waals surface area (Å²) in [6.45, 7) is 6.80. The predicted octanol–water partition coefficient (Wildman–Crippen LogP) is 6.64. The Morgan fingerprint density at radius 1 is 0.967 bits per heavy atom. The molecule has 0 unspecified atom stereocenters. The SMILES string of the molecule is Cc1cc(C)c(C(=O)CSc2nc3cc(Cl)ccc3n2Cc2ccccc2)cc1C. The van der Waals surface area contributed by atoms with Gasteiger partial charge in [0.2, 0.25) is 0 Å². The molecule has 0 fully saturated rings. The lowest BCUT2D eigenvalue weighted by Gasteiger charge is -2.11. The molecule has 152 valence electrons. The van der Waals surface area contributed by atoms with Crippen LogP contribution in [0.15, 0.2) is 65.8 Å². The highest BCUT2D eigenvalue weighted by Crippen LogP contribution is 2.28. The highest BCUT2D eigenvalue weighted by molar-refractivity contribution is 7.99. The van der Waals surface area contributed by atoms with E-state index in [9.17, 15) is 4.79 Å². The highest BCUT2D eigenvalue weighted by atomic mass is 35.5. The number of Topliss-reactive ketones (excluding diaryl/α,β-unsaturated/α-hetero) is 1. The van der Waals surface area contributed by atoms with Crippen molar-refractivity contribution in [2.75, 3.05) is 5.75 Å². The Bertz CT molecular complexity index is 1230. The standard InChI is InChI=1S/C25H23ClN2OS/c1-16-11-18(3)21(12-17(16)2)24(29)15-30-25-27-22-13-20(26)9-10-23(22)28(25)14-19-7-5-4-6-8-19/h4-13H,14-15H2,1-3H3. The summed E-state index contributed by atoms with van der Waals surface area (Å²) in [4.78, 5) is 17.7. The van der Waals surface area contributed by atoms with E-state index in [4.69, 9.17) is 16.6 Å². The lowest BCUT2D eigenvalue weighted by atomic mass is 9.99. The number of imidazole rings is 1. The summed E-state index contributed by atoms with van der Waals surface area (Å²) in [6.07, 6.45) is 0. The molecular weight excluding hydrogens is 412 g/mol. The first-order valence-electron chi connectivity index (χ1n) is 9.86. The average Bonchev–Trinajstić information content (AvgIpc) is 3.06. The molecule has 0 saturated heterocycles. The minimum atomic E-state index is 0.122. The first-order valence-corrected chi connectivity index (χ1v) is 11.2. The van der Waals surface area contributed by atoms with E-state index in [2.05, 4.69) is 29.7 Å². The van der Waals surface area contributed by atoms with Gasteiger partial charge in [-0.05, 0) is 67.3 Å². The molecule has 0 N–H and O–H groups in total. The van der Waals surface area contributed by atoms with Crippen molar-refractivity contribution in [3.8, 4) is 0 Å². The quantitative estimate of drug-likeness (QED) is 0.252. The summed E-state index contributed by atoms with van der Waals surface area (Å²) in [5, 5.41) is 1.48. The van der Waals surface area contributed by atoms with Gasteiger partial charge in [0.25, 0.3) is 0 Å². The van der Waals surface area contributed by atoms with Gasteiger partial charge in [-0.1, -0.05) is 59.8 Å². The molecule has 0 spiro atoms. The number of nitrogens with zero attached hydrogens (tertiary/aromatic N) is 2. The summed E-state index contributed by atoms with van der Waals surface area (Å²) in [6, 6.07) is 20.1. The Labute approximate surface area is 186 Å². The van der Waals surface area contributed by atoms with Gasteiger partial charge in [0.05, 0.1) is 23.3 Å². The summed E-state index contributed by atoms with van der Waals surface area (Å²) in [7, 11) is 0. The molecule has 1 heterocycles. The number of ketones is 1. The number of hydrogen-bond acceptors (Lipinski definition) is 3. The largest absolute Gasteiger partial charge is 0.314 e. The number of rotatable bonds is 6. The molecular formula is C25H23ClN2OS. The van der Waals surface area contributed by atoms with Gasteiger partial charge in [-0.2, -0.15) is 0 Å². The summed E-state index contributed by atoms with van der Waals surface area (Å²) >= 11 is 7.66. The number of aryl methyl sites for hydroxylation is 3. The van der Waals surface area contributed by atoms with Crippen LogP contribution < -0.4 is 0 Å². The maximum Gasteiger partial charge on any atom is 0.173 e. The third kappa shape index (κ3) is 4.30. The molecule has 0 amide bonds. The van der Waals surface area contributed by atoms with E-state index in [0.717, 1.165) is 32.9 Å². The number of fused-ring (bicyclic) bond motifs is 1. The zero-order valence-electron chi connectivity index (χ0n) is 17.3. The second kappa shape index (κ2) is 8.66. The maximum atomic E-state index is 13.0. The van der Waals surface area contributed by atoms with Gasteiger partial charge < -0.3 is 4.57 Å². The van der Waals surface area contributed by atoms with Crippen molar-refractivity contribution >= 4 is 40.2 Å². The minimum Gasteiger partial charge on any atom is -0.314 e. The molecule has 3 nitrogen and oxygen atoms in total. The van der Waals surface area contributed by atoms with Crippen molar-refractivity contribution in [3.05, 3.63) is 93.5 Å². The Hall–Kier alpha value is -2.56. The first-order chi connectivity index (χ1) is 14.4. The van der Waals surface area contributed by atoms with Crippen LogP contribution in [0.25, 0.3) is 11.0 Å². The highest BCUT2D eigenvalue weighted by Gasteiger charge is 2.16. The Kier molecular flexibility index (Phi) is 5.98. The van der Waals surface area contributed by atoms with Gasteiger partial charge in [-0.25, -0.2) is 4.98 Å². The topological polar surface area (TPSA) is 34.9 Å². The van der Waals surface area contributed by atoms with Crippen molar-refractivity contribution in [2.24, 2.45) is 0 Å². The van der Waals surface area contributed by atoms with Crippen LogP contribution in [-0.4, -0.2) is 21.1 Å². The Balaban J connectivity index is 1.64. The molecule has 0 aliphatic carbocycles. The van der Waals surface area contributed by atoms with E-state index in [0.29, 0.717) is 17.3 Å². The number of aromatic nitrogens is 2. The van der Waals surface area contributed by atoms with Crippen molar-refractivity contribution in [2.45, 2.75) is 32.5 Å². The molecule has 1 aromatic heterocycles. The molecule has 0 saturated carbocycles. The number of carbonyl (C=O) groups is 1. The fourth-order valence-electron chi connectivity index (χ4n) is 3.58. The normalized spacial score (nSPS) is 11.2. The number of carbonyl (C=O) groups excluding carboxylic acids is 1. The van der Waals surface area contributed by atoms with Crippen molar-refractivity contribution in [1.29, 1.82) is 0 Å². The van der Waals surface area contributed by atoms with Crippen LogP contribution >= 0.6 is 23.4 Å². The third-order valence-corrected chi connectivity index (χ3v) is 6.54. The van der Waals surface area contributed by atoms with Gasteiger partial charge in [0, 0.05) is 10.6 Å². The molecule has 4 aromatic rings. The first kappa shape index (κ1) is 20.7. The molecule has 0 bridgehead atoms. The van der Waals surface area contributed by atoms with Crippen LogP contribution in [0.2, 0.25) is 5.02 Å². The minimum absolute atomic E-state index is 0.122.